The topological polar surface area (TPSA) is 74.6 Å². The van der Waals surface area contributed by atoms with Gasteiger partial charge in [-0.3, -0.25) is 4.79 Å². The van der Waals surface area contributed by atoms with E-state index < -0.39 is 6.04 Å². The molecule has 1 N–H and O–H groups in total. The lowest BCUT2D eigenvalue weighted by molar-refractivity contribution is 0.0940. The maximum absolute atomic E-state index is 13.2. The molecule has 0 bridgehead atoms. The normalized spacial score (nSPS) is 11.6. The third-order valence-electron chi connectivity index (χ3n) is 4.81. The number of hydrogen-bond donors (Lipinski definition) is 1. The van der Waals surface area contributed by atoms with Gasteiger partial charge in [0.25, 0.3) is 5.91 Å². The fraction of sp³-hybridized carbons (Fsp3) is 0.333. The van der Waals surface area contributed by atoms with Gasteiger partial charge in [0, 0.05) is 25.0 Å². The quantitative estimate of drug-likeness (QED) is 0.531. The molecule has 1 atom stereocenters. The Kier molecular flexibility index (Phi) is 7.54. The van der Waals surface area contributed by atoms with Crippen LogP contribution in [0, 0.1) is 0 Å². The van der Waals surface area contributed by atoms with Crippen molar-refractivity contribution in [1.82, 2.24) is 14.9 Å². The fourth-order valence-electron chi connectivity index (χ4n) is 3.21. The molecule has 0 aliphatic carbocycles. The molecule has 0 fully saturated rings. The summed E-state index contributed by atoms with van der Waals surface area (Å²) >= 11 is 0. The number of amides is 1. The van der Waals surface area contributed by atoms with Gasteiger partial charge in [0.05, 0.1) is 20.3 Å². The van der Waals surface area contributed by atoms with Crippen molar-refractivity contribution >= 4 is 5.91 Å². The molecule has 1 aromatic heterocycles. The second-order valence-corrected chi connectivity index (χ2v) is 7.02. The Morgan fingerprint density at radius 1 is 1.10 bits per heavy atom. The molecule has 0 spiro atoms. The predicted molar refractivity (Wildman–Crippen MR) is 119 cm³/mol. The van der Waals surface area contributed by atoms with E-state index in [-0.39, 0.29) is 5.91 Å². The van der Waals surface area contributed by atoms with E-state index in [2.05, 4.69) is 10.3 Å². The van der Waals surface area contributed by atoms with E-state index in [0.717, 1.165) is 23.6 Å². The maximum Gasteiger partial charge on any atom is 0.252 e. The third-order valence-corrected chi connectivity index (χ3v) is 4.81. The third kappa shape index (κ3) is 5.36. The number of aryl methyl sites for hydroxylation is 1. The molecule has 1 amide bonds. The summed E-state index contributed by atoms with van der Waals surface area (Å²) in [6.45, 7) is 5.01. The summed E-state index contributed by atoms with van der Waals surface area (Å²) in [5, 5.41) is 3.10. The number of benzene rings is 2. The standard InChI is InChI=1S/C24H29N3O4/c1-5-15-31-20-12-9-18(16-21(20)30-6-2)24(28)26-22(23-25-13-14-27(23)3)17-7-10-19(29-4)11-8-17/h7-14,16,22H,5-6,15H2,1-4H3,(H,26,28). The van der Waals surface area contributed by atoms with Crippen molar-refractivity contribution in [2.24, 2.45) is 7.05 Å². The summed E-state index contributed by atoms with van der Waals surface area (Å²) in [7, 11) is 3.52. The van der Waals surface area contributed by atoms with Gasteiger partial charge in [-0.05, 0) is 49.2 Å². The van der Waals surface area contributed by atoms with Crippen molar-refractivity contribution in [2.75, 3.05) is 20.3 Å². The highest BCUT2D eigenvalue weighted by atomic mass is 16.5. The first-order chi connectivity index (χ1) is 15.1. The molecule has 0 saturated heterocycles. The molecule has 7 heteroatoms. The first kappa shape index (κ1) is 22.2. The van der Waals surface area contributed by atoms with E-state index in [0.29, 0.717) is 30.3 Å². The highest BCUT2D eigenvalue weighted by Gasteiger charge is 2.22. The highest BCUT2D eigenvalue weighted by Crippen LogP contribution is 2.29. The zero-order valence-electron chi connectivity index (χ0n) is 18.4. The Morgan fingerprint density at radius 2 is 1.87 bits per heavy atom. The first-order valence-corrected chi connectivity index (χ1v) is 10.4. The number of imidazole rings is 1. The fourth-order valence-corrected chi connectivity index (χ4v) is 3.21. The first-order valence-electron chi connectivity index (χ1n) is 10.4. The van der Waals surface area contributed by atoms with Crippen molar-refractivity contribution in [3.05, 3.63) is 71.8 Å². The molecule has 7 nitrogen and oxygen atoms in total. The van der Waals surface area contributed by atoms with E-state index in [4.69, 9.17) is 14.2 Å². The number of methoxy groups -OCH3 is 1. The predicted octanol–water partition coefficient (Wildman–Crippen LogP) is 4.14. The lowest BCUT2D eigenvalue weighted by Gasteiger charge is -2.20. The maximum atomic E-state index is 13.2. The van der Waals surface area contributed by atoms with Crippen LogP contribution in [0.15, 0.2) is 54.9 Å². The van der Waals surface area contributed by atoms with Crippen molar-refractivity contribution < 1.29 is 19.0 Å². The van der Waals surface area contributed by atoms with Crippen molar-refractivity contribution in [3.63, 3.8) is 0 Å². The van der Waals surface area contributed by atoms with Gasteiger partial charge in [-0.15, -0.1) is 0 Å². The molecule has 0 aliphatic heterocycles. The monoisotopic (exact) mass is 423 g/mol. The zero-order valence-corrected chi connectivity index (χ0v) is 18.4. The number of rotatable bonds is 10. The van der Waals surface area contributed by atoms with E-state index in [1.807, 2.05) is 55.9 Å². The van der Waals surface area contributed by atoms with Gasteiger partial charge < -0.3 is 24.1 Å². The van der Waals surface area contributed by atoms with Gasteiger partial charge in [0.15, 0.2) is 11.5 Å². The Labute approximate surface area is 183 Å². The van der Waals surface area contributed by atoms with E-state index >= 15 is 0 Å². The number of carbonyl (C=O) groups excluding carboxylic acids is 1. The van der Waals surface area contributed by atoms with Crippen LogP contribution in [0.25, 0.3) is 0 Å². The van der Waals surface area contributed by atoms with Crippen molar-refractivity contribution in [1.29, 1.82) is 0 Å². The summed E-state index contributed by atoms with van der Waals surface area (Å²) in [6, 6.07) is 12.4. The molecule has 0 saturated carbocycles. The molecule has 0 radical (unpaired) electrons. The molecule has 1 unspecified atom stereocenters. The van der Waals surface area contributed by atoms with Gasteiger partial charge >= 0.3 is 0 Å². The largest absolute Gasteiger partial charge is 0.497 e. The molecule has 164 valence electrons. The van der Waals surface area contributed by atoms with Crippen LogP contribution in [0.1, 0.15) is 48.1 Å². The SMILES string of the molecule is CCCOc1ccc(C(=O)NC(c2ccc(OC)cc2)c2nccn2C)cc1OCC. The van der Waals surface area contributed by atoms with Crippen LogP contribution < -0.4 is 19.5 Å². The summed E-state index contributed by atoms with van der Waals surface area (Å²) in [6.07, 6.45) is 4.46. The van der Waals surface area contributed by atoms with Crippen molar-refractivity contribution in [2.45, 2.75) is 26.3 Å². The number of hydrogen-bond acceptors (Lipinski definition) is 5. The number of aromatic nitrogens is 2. The smallest absolute Gasteiger partial charge is 0.252 e. The molecule has 1 heterocycles. The molecule has 3 rings (SSSR count). The average Bonchev–Trinajstić information content (AvgIpc) is 3.22. The number of nitrogens with one attached hydrogen (secondary N) is 1. The minimum atomic E-state index is -0.426. The summed E-state index contributed by atoms with van der Waals surface area (Å²) in [5.41, 5.74) is 1.39. The average molecular weight is 424 g/mol. The molecule has 0 aliphatic rings. The molecule has 3 aromatic rings. The van der Waals surface area contributed by atoms with Crippen LogP contribution >= 0.6 is 0 Å². The lowest BCUT2D eigenvalue weighted by atomic mass is 10.0. The molecular formula is C24H29N3O4. The van der Waals surface area contributed by atoms with Crippen LogP contribution in [-0.4, -0.2) is 35.8 Å². The Hall–Kier alpha value is -3.48. The Morgan fingerprint density at radius 3 is 2.48 bits per heavy atom. The zero-order chi connectivity index (χ0) is 22.2. The van der Waals surface area contributed by atoms with Gasteiger partial charge in [0.1, 0.15) is 17.6 Å². The number of ether oxygens (including phenoxy) is 3. The second kappa shape index (κ2) is 10.5. The number of carbonyl (C=O) groups is 1. The summed E-state index contributed by atoms with van der Waals surface area (Å²) < 4.78 is 18.6. The lowest BCUT2D eigenvalue weighted by Crippen LogP contribution is -2.31. The number of nitrogens with zero attached hydrogens (tertiary/aromatic N) is 2. The van der Waals surface area contributed by atoms with Crippen LogP contribution in [0.5, 0.6) is 17.2 Å². The van der Waals surface area contributed by atoms with Gasteiger partial charge in [-0.25, -0.2) is 4.98 Å². The van der Waals surface area contributed by atoms with Crippen molar-refractivity contribution in [3.8, 4) is 17.2 Å². The van der Waals surface area contributed by atoms with Crippen LogP contribution in [-0.2, 0) is 7.05 Å². The second-order valence-electron chi connectivity index (χ2n) is 7.02. The molecule has 2 aromatic carbocycles. The summed E-state index contributed by atoms with van der Waals surface area (Å²) in [4.78, 5) is 17.6. The Bertz CT molecular complexity index is 998. The van der Waals surface area contributed by atoms with E-state index in [1.165, 1.54) is 0 Å². The molecule has 31 heavy (non-hydrogen) atoms. The molecular weight excluding hydrogens is 394 g/mol. The summed E-state index contributed by atoms with van der Waals surface area (Å²) in [5.74, 6) is 2.44. The van der Waals surface area contributed by atoms with Crippen LogP contribution in [0.4, 0.5) is 0 Å². The van der Waals surface area contributed by atoms with Crippen LogP contribution in [0.2, 0.25) is 0 Å². The van der Waals surface area contributed by atoms with E-state index in [9.17, 15) is 4.79 Å². The van der Waals surface area contributed by atoms with Gasteiger partial charge in [-0.1, -0.05) is 19.1 Å². The minimum Gasteiger partial charge on any atom is -0.497 e. The Balaban J connectivity index is 1.89. The highest BCUT2D eigenvalue weighted by molar-refractivity contribution is 5.95. The van der Waals surface area contributed by atoms with E-state index in [1.54, 1.807) is 31.5 Å². The van der Waals surface area contributed by atoms with Gasteiger partial charge in [0.2, 0.25) is 0 Å². The van der Waals surface area contributed by atoms with Crippen LogP contribution in [0.3, 0.4) is 0 Å². The van der Waals surface area contributed by atoms with Gasteiger partial charge in [-0.2, -0.15) is 0 Å². The minimum absolute atomic E-state index is 0.230.